The minimum atomic E-state index is -4.86. The molecule has 2 atom stereocenters. The van der Waals surface area contributed by atoms with Gasteiger partial charge in [0, 0.05) is 16.5 Å². The number of hydrogen-bond acceptors (Lipinski definition) is 10. The van der Waals surface area contributed by atoms with Gasteiger partial charge < -0.3 is 20.1 Å². The summed E-state index contributed by atoms with van der Waals surface area (Å²) in [6.45, 7) is 6.21. The minimum absolute atomic E-state index is 0.0183. The van der Waals surface area contributed by atoms with Gasteiger partial charge in [-0.25, -0.2) is 18.7 Å². The van der Waals surface area contributed by atoms with Gasteiger partial charge in [0.15, 0.2) is 5.82 Å². The van der Waals surface area contributed by atoms with Crippen molar-refractivity contribution in [2.24, 2.45) is 0 Å². The van der Waals surface area contributed by atoms with Crippen LogP contribution in [0.3, 0.4) is 0 Å². The quantitative estimate of drug-likeness (QED) is 0.209. The molecule has 1 saturated heterocycles. The summed E-state index contributed by atoms with van der Waals surface area (Å²) >= 11 is 0. The van der Waals surface area contributed by atoms with Crippen molar-refractivity contribution in [2.75, 3.05) is 44.0 Å². The Kier molecular flexibility index (Phi) is 7.53. The Morgan fingerprint density at radius 3 is 2.67 bits per heavy atom. The van der Waals surface area contributed by atoms with E-state index in [9.17, 15) is 17.6 Å². The predicted octanol–water partition coefficient (Wildman–Crippen LogP) is 5.97. The Morgan fingerprint density at radius 1 is 1.15 bits per heavy atom. The highest BCUT2D eigenvalue weighted by Crippen LogP contribution is 2.47. The lowest BCUT2D eigenvalue weighted by molar-refractivity contribution is -0.137. The van der Waals surface area contributed by atoms with Crippen LogP contribution in [0, 0.1) is 18.6 Å². The van der Waals surface area contributed by atoms with Gasteiger partial charge in [0.25, 0.3) is 0 Å². The molecule has 0 radical (unpaired) electrons. The van der Waals surface area contributed by atoms with Crippen LogP contribution < -0.4 is 20.1 Å². The van der Waals surface area contributed by atoms with Crippen LogP contribution in [0.25, 0.3) is 33.1 Å². The number of nitrogens with zero attached hydrogens (tertiary/aromatic N) is 7. The number of nitrogens with one attached hydrogen (secondary N) is 1. The van der Waals surface area contributed by atoms with Gasteiger partial charge in [0.05, 0.1) is 41.6 Å². The predicted molar refractivity (Wildman–Crippen MR) is 168 cm³/mol. The van der Waals surface area contributed by atoms with Gasteiger partial charge in [-0.05, 0) is 64.9 Å². The second-order valence-corrected chi connectivity index (χ2v) is 12.6. The molecule has 0 saturated carbocycles. The van der Waals surface area contributed by atoms with Crippen LogP contribution in [-0.4, -0.2) is 73.9 Å². The van der Waals surface area contributed by atoms with Crippen LogP contribution in [0.15, 0.2) is 24.5 Å². The summed E-state index contributed by atoms with van der Waals surface area (Å²) in [5.41, 5.74) is 3.73. The summed E-state index contributed by atoms with van der Waals surface area (Å²) in [5, 5.41) is 6.62. The first-order chi connectivity index (χ1) is 22.8. The summed E-state index contributed by atoms with van der Waals surface area (Å²) in [6.07, 6.45) is -0.863. The Balaban J connectivity index is 1.48. The van der Waals surface area contributed by atoms with Crippen LogP contribution in [-0.2, 0) is 6.18 Å². The van der Waals surface area contributed by atoms with Crippen molar-refractivity contribution in [2.45, 2.75) is 51.4 Å². The molecule has 0 aliphatic carbocycles. The van der Waals surface area contributed by atoms with E-state index in [2.05, 4.69) is 35.0 Å². The number of likely N-dealkylation sites (N-methyl/N-ethyl adjacent to an activating group) is 1. The van der Waals surface area contributed by atoms with Crippen molar-refractivity contribution in [3.63, 3.8) is 0 Å². The van der Waals surface area contributed by atoms with E-state index < -0.39 is 40.7 Å². The number of halogens is 5. The molecule has 2 unspecified atom stereocenters. The van der Waals surface area contributed by atoms with Gasteiger partial charge in [0.1, 0.15) is 47.3 Å². The molecule has 5 aromatic rings. The molecule has 11 nitrogen and oxygen atoms in total. The standard InChI is InChI=1S/C32H32F5N9O2/c1-15-10-20-19(13-40-44-20)21(23(15)32(35,36)37)25-24(34)26-22-28(43-30(42-26)48-14-31(3)6-5-7-45(31)4)46(8-9-47-29(22)41-25)16(2)18-11-17(33)12-39-27(18)38/h10-13,16H,5-9,14H2,1-4H3,(H2,38,39)(H,40,44). The SMILES string of the molecule is Cc1cc2[nH]ncc2c(-c2nc3c4c(nc(OCC5(C)CCCN5C)nc4c2F)N(C(C)c2cc(F)cnc2N)CCO3)c1C(F)(F)F. The molecule has 16 heteroatoms. The number of nitrogen functional groups attached to an aromatic ring is 1. The number of hydrogen-bond donors (Lipinski definition) is 2. The highest BCUT2D eigenvalue weighted by atomic mass is 19.4. The number of aryl methyl sites for hydroxylation is 1. The van der Waals surface area contributed by atoms with Crippen LogP contribution in [0.5, 0.6) is 11.9 Å². The Bertz CT molecular complexity index is 2070. The van der Waals surface area contributed by atoms with Gasteiger partial charge >= 0.3 is 12.2 Å². The smallest absolute Gasteiger partial charge is 0.417 e. The number of alkyl halides is 3. The average molecular weight is 670 g/mol. The lowest BCUT2D eigenvalue weighted by atomic mass is 9.94. The molecular formula is C32H32F5N9O2. The Labute approximate surface area is 271 Å². The maximum Gasteiger partial charge on any atom is 0.417 e. The number of anilines is 2. The van der Waals surface area contributed by atoms with Gasteiger partial charge in [-0.15, -0.1) is 0 Å². The van der Waals surface area contributed by atoms with Crippen LogP contribution >= 0.6 is 0 Å². The highest BCUT2D eigenvalue weighted by molar-refractivity contribution is 6.02. The molecule has 0 bridgehead atoms. The molecule has 3 N–H and O–H groups in total. The molecule has 48 heavy (non-hydrogen) atoms. The number of ether oxygens (including phenoxy) is 2. The summed E-state index contributed by atoms with van der Waals surface area (Å²) in [5.74, 6) is -1.69. The van der Waals surface area contributed by atoms with Crippen molar-refractivity contribution in [1.82, 2.24) is 35.0 Å². The second-order valence-electron chi connectivity index (χ2n) is 12.6. The van der Waals surface area contributed by atoms with Crippen LogP contribution in [0.4, 0.5) is 33.6 Å². The fraction of sp³-hybridized carbons (Fsp3) is 0.406. The third-order valence-electron chi connectivity index (χ3n) is 9.50. The van der Waals surface area contributed by atoms with E-state index in [0.717, 1.165) is 25.6 Å². The maximum atomic E-state index is 17.0. The fourth-order valence-corrected chi connectivity index (χ4v) is 6.73. The number of aromatic nitrogens is 6. The molecule has 2 aliphatic heterocycles. The third kappa shape index (κ3) is 5.18. The molecule has 1 aromatic carbocycles. The number of aromatic amines is 1. The van der Waals surface area contributed by atoms with Crippen LogP contribution in [0.2, 0.25) is 0 Å². The van der Waals surface area contributed by atoms with Gasteiger partial charge in [-0.1, -0.05) is 0 Å². The Morgan fingerprint density at radius 2 is 1.94 bits per heavy atom. The summed E-state index contributed by atoms with van der Waals surface area (Å²) in [7, 11) is 1.98. The highest BCUT2D eigenvalue weighted by Gasteiger charge is 2.40. The van der Waals surface area contributed by atoms with Crippen molar-refractivity contribution in [3.05, 3.63) is 52.9 Å². The second kappa shape index (κ2) is 11.4. The third-order valence-corrected chi connectivity index (χ3v) is 9.50. The molecule has 2 aliphatic rings. The zero-order valence-electron chi connectivity index (χ0n) is 26.5. The van der Waals surface area contributed by atoms with E-state index in [-0.39, 0.29) is 76.2 Å². The summed E-state index contributed by atoms with van der Waals surface area (Å²) in [6, 6.07) is 1.70. The van der Waals surface area contributed by atoms with Gasteiger partial charge in [-0.3, -0.25) is 10.00 Å². The molecule has 7 rings (SSSR count). The number of fused-ring (bicyclic) bond motifs is 1. The first-order valence-electron chi connectivity index (χ1n) is 15.4. The molecule has 0 amide bonds. The number of pyridine rings is 2. The molecule has 252 valence electrons. The lowest BCUT2D eigenvalue weighted by Crippen LogP contribution is -2.43. The number of benzene rings is 1. The zero-order valence-corrected chi connectivity index (χ0v) is 26.5. The fourth-order valence-electron chi connectivity index (χ4n) is 6.73. The lowest BCUT2D eigenvalue weighted by Gasteiger charge is -2.32. The normalized spacial score (nSPS) is 19.1. The number of likely N-dealkylation sites (tertiary alicyclic amines) is 1. The van der Waals surface area contributed by atoms with E-state index in [0.29, 0.717) is 5.56 Å². The maximum absolute atomic E-state index is 17.0. The molecule has 1 fully saturated rings. The molecule has 0 spiro atoms. The van der Waals surface area contributed by atoms with E-state index in [1.807, 2.05) is 14.0 Å². The van der Waals surface area contributed by atoms with Gasteiger partial charge in [-0.2, -0.15) is 28.2 Å². The topological polar surface area (TPSA) is 131 Å². The van der Waals surface area contributed by atoms with Crippen LogP contribution in [0.1, 0.15) is 49.4 Å². The summed E-state index contributed by atoms with van der Waals surface area (Å²) < 4.78 is 87.4. The number of nitrogens with two attached hydrogens (primary N) is 1. The van der Waals surface area contributed by atoms with Crippen molar-refractivity contribution >= 4 is 33.4 Å². The summed E-state index contributed by atoms with van der Waals surface area (Å²) in [4.78, 5) is 21.3. The van der Waals surface area contributed by atoms with Crippen molar-refractivity contribution in [3.8, 4) is 23.1 Å². The van der Waals surface area contributed by atoms with Crippen molar-refractivity contribution < 1.29 is 31.4 Å². The minimum Gasteiger partial charge on any atom is -0.475 e. The largest absolute Gasteiger partial charge is 0.475 e. The van der Waals surface area contributed by atoms with Gasteiger partial charge in [0.2, 0.25) is 5.88 Å². The molecule has 6 heterocycles. The zero-order chi connectivity index (χ0) is 34.1. The first kappa shape index (κ1) is 31.7. The number of H-pyrrole nitrogens is 1. The average Bonchev–Trinajstić information content (AvgIpc) is 3.58. The monoisotopic (exact) mass is 669 g/mol. The first-order valence-corrected chi connectivity index (χ1v) is 15.4. The van der Waals surface area contributed by atoms with Crippen molar-refractivity contribution in [1.29, 1.82) is 0 Å². The van der Waals surface area contributed by atoms with E-state index in [4.69, 9.17) is 15.2 Å². The Hall–Kier alpha value is -4.86. The number of rotatable bonds is 6. The van der Waals surface area contributed by atoms with E-state index in [1.54, 1.807) is 11.8 Å². The molecular weight excluding hydrogens is 637 g/mol. The van der Waals surface area contributed by atoms with E-state index in [1.165, 1.54) is 25.3 Å². The molecule has 4 aromatic heterocycles. The van der Waals surface area contributed by atoms with E-state index >= 15 is 4.39 Å².